The second kappa shape index (κ2) is 7.02. The monoisotopic (exact) mass is 355 g/mol. The Morgan fingerprint density at radius 3 is 2.64 bits per heavy atom. The van der Waals surface area contributed by atoms with Gasteiger partial charge in [0.15, 0.2) is 10.8 Å². The van der Waals surface area contributed by atoms with Gasteiger partial charge in [-0.15, -0.1) is 10.2 Å². The normalized spacial score (nSPS) is 11.5. The Bertz CT molecular complexity index is 960. The number of aromatic nitrogens is 3. The maximum atomic E-state index is 12.0. The summed E-state index contributed by atoms with van der Waals surface area (Å²) in [6.07, 6.45) is 0. The number of azo groups is 1. The van der Waals surface area contributed by atoms with E-state index in [1.807, 2.05) is 44.2 Å². The van der Waals surface area contributed by atoms with Gasteiger partial charge < -0.3 is 9.67 Å². The van der Waals surface area contributed by atoms with Crippen LogP contribution in [0, 0.1) is 13.8 Å². The molecule has 0 atom stereocenters. The summed E-state index contributed by atoms with van der Waals surface area (Å²) in [6, 6.07) is 9.27. The third kappa shape index (κ3) is 3.69. The van der Waals surface area contributed by atoms with Crippen molar-refractivity contribution in [3.05, 3.63) is 41.7 Å². The van der Waals surface area contributed by atoms with Crippen LogP contribution in [-0.2, 0) is 11.8 Å². The van der Waals surface area contributed by atoms with Gasteiger partial charge in [0.2, 0.25) is 5.88 Å². The quantitative estimate of drug-likeness (QED) is 0.438. The number of thioether (sulfide) groups is 1. The molecule has 1 N–H and O–H groups in total. The molecule has 3 aromatic rings. The van der Waals surface area contributed by atoms with Crippen LogP contribution in [0.5, 0.6) is 5.88 Å². The molecule has 0 fully saturated rings. The Kier molecular flexibility index (Phi) is 4.80. The van der Waals surface area contributed by atoms with Gasteiger partial charge in [-0.2, -0.15) is 0 Å². The van der Waals surface area contributed by atoms with Gasteiger partial charge in [-0.3, -0.25) is 4.79 Å². The van der Waals surface area contributed by atoms with Gasteiger partial charge in [-0.05, 0) is 26.0 Å². The van der Waals surface area contributed by atoms with Crippen molar-refractivity contribution in [2.45, 2.75) is 19.0 Å². The number of fused-ring (bicyclic) bond motifs is 1. The summed E-state index contributed by atoms with van der Waals surface area (Å²) in [7, 11) is 1.73. The lowest BCUT2D eigenvalue weighted by atomic mass is 10.2. The number of rotatable bonds is 4. The number of carbonyl (C=O) groups is 1. The fourth-order valence-electron chi connectivity index (χ4n) is 2.48. The van der Waals surface area contributed by atoms with Crippen molar-refractivity contribution < 1.29 is 9.90 Å². The fraction of sp³-hybridized carbons (Fsp3) is 0.235. The number of aromatic hydroxyl groups is 1. The first kappa shape index (κ1) is 17.1. The van der Waals surface area contributed by atoms with Crippen LogP contribution in [-0.4, -0.2) is 31.3 Å². The first-order chi connectivity index (χ1) is 12.0. The molecule has 0 aliphatic rings. The van der Waals surface area contributed by atoms with Crippen molar-refractivity contribution in [2.75, 3.05) is 5.75 Å². The smallest absolute Gasteiger partial charge is 0.275 e. The van der Waals surface area contributed by atoms with E-state index in [4.69, 9.17) is 0 Å². The van der Waals surface area contributed by atoms with E-state index in [0.717, 1.165) is 22.3 Å². The summed E-state index contributed by atoms with van der Waals surface area (Å²) in [6.45, 7) is 3.76. The van der Waals surface area contributed by atoms with Crippen molar-refractivity contribution in [3.63, 3.8) is 0 Å². The average molecular weight is 355 g/mol. The van der Waals surface area contributed by atoms with Crippen LogP contribution in [0.1, 0.15) is 11.4 Å². The van der Waals surface area contributed by atoms with Crippen molar-refractivity contribution in [2.24, 2.45) is 17.3 Å². The molecule has 0 saturated carbocycles. The lowest BCUT2D eigenvalue weighted by molar-refractivity contribution is -0.115. The Hall–Kier alpha value is -2.74. The van der Waals surface area contributed by atoms with E-state index in [0.29, 0.717) is 10.8 Å². The average Bonchev–Trinajstić information content (AvgIpc) is 2.82. The largest absolute Gasteiger partial charge is 0.493 e. The van der Waals surface area contributed by atoms with E-state index in [2.05, 4.69) is 20.2 Å². The Labute approximate surface area is 148 Å². The second-order valence-electron chi connectivity index (χ2n) is 5.56. The number of carbonyl (C=O) groups excluding carboxylic acids is 1. The summed E-state index contributed by atoms with van der Waals surface area (Å²) in [5.74, 6) is -0.360. The molecule has 0 radical (unpaired) electrons. The number of amides is 1. The summed E-state index contributed by atoms with van der Waals surface area (Å²) in [5.41, 5.74) is 2.81. The molecule has 0 unspecified atom stereocenters. The Balaban J connectivity index is 1.74. The second-order valence-corrected chi connectivity index (χ2v) is 6.51. The Morgan fingerprint density at radius 1 is 1.24 bits per heavy atom. The van der Waals surface area contributed by atoms with Crippen molar-refractivity contribution in [1.82, 2.24) is 14.5 Å². The summed E-state index contributed by atoms with van der Waals surface area (Å²) < 4.78 is 1.60. The highest BCUT2D eigenvalue weighted by molar-refractivity contribution is 7.99. The lowest BCUT2D eigenvalue weighted by Crippen LogP contribution is -1.99. The molecule has 0 aliphatic carbocycles. The highest BCUT2D eigenvalue weighted by Crippen LogP contribution is 2.37. The van der Waals surface area contributed by atoms with Gasteiger partial charge in [-0.1, -0.05) is 30.0 Å². The predicted octanol–water partition coefficient (Wildman–Crippen LogP) is 3.69. The van der Waals surface area contributed by atoms with Crippen LogP contribution in [0.3, 0.4) is 0 Å². The summed E-state index contributed by atoms with van der Waals surface area (Å²) in [5, 5.41) is 19.1. The molecule has 0 saturated heterocycles. The van der Waals surface area contributed by atoms with Crippen molar-refractivity contribution in [1.29, 1.82) is 0 Å². The van der Waals surface area contributed by atoms with Crippen LogP contribution in [0.2, 0.25) is 0 Å². The molecule has 2 heterocycles. The van der Waals surface area contributed by atoms with Crippen LogP contribution in [0.25, 0.3) is 10.9 Å². The van der Waals surface area contributed by atoms with Crippen molar-refractivity contribution in [3.8, 4) is 5.88 Å². The zero-order valence-electron chi connectivity index (χ0n) is 14.1. The molecular formula is C17H17N5O2S. The molecule has 7 nitrogen and oxygen atoms in total. The van der Waals surface area contributed by atoms with Crippen LogP contribution >= 0.6 is 11.8 Å². The van der Waals surface area contributed by atoms with Gasteiger partial charge in [0.25, 0.3) is 5.91 Å². The van der Waals surface area contributed by atoms with Crippen LogP contribution < -0.4 is 0 Å². The van der Waals surface area contributed by atoms with Crippen molar-refractivity contribution >= 4 is 34.3 Å². The zero-order chi connectivity index (χ0) is 18.0. The number of hydrogen-bond acceptors (Lipinski definition) is 6. The molecule has 128 valence electrons. The molecule has 2 aromatic heterocycles. The predicted molar refractivity (Wildman–Crippen MR) is 96.3 cm³/mol. The van der Waals surface area contributed by atoms with Crippen LogP contribution in [0.15, 0.2) is 45.7 Å². The maximum absolute atomic E-state index is 12.0. The number of nitrogens with zero attached hydrogens (tertiary/aromatic N) is 5. The highest BCUT2D eigenvalue weighted by atomic mass is 32.2. The van der Waals surface area contributed by atoms with E-state index >= 15 is 0 Å². The summed E-state index contributed by atoms with van der Waals surface area (Å²) >= 11 is 1.21. The van der Waals surface area contributed by atoms with E-state index in [1.54, 1.807) is 11.6 Å². The number of para-hydroxylation sites is 1. The topological polar surface area (TPSA) is 92.7 Å². The molecule has 1 aromatic carbocycles. The minimum Gasteiger partial charge on any atom is -0.493 e. The highest BCUT2D eigenvalue weighted by Gasteiger charge is 2.14. The van der Waals surface area contributed by atoms with Gasteiger partial charge in [0, 0.05) is 23.8 Å². The first-order valence-corrected chi connectivity index (χ1v) is 8.60. The minimum absolute atomic E-state index is 0.0250. The summed E-state index contributed by atoms with van der Waals surface area (Å²) in [4.78, 5) is 20.5. The molecule has 0 aliphatic heterocycles. The van der Waals surface area contributed by atoms with E-state index in [9.17, 15) is 9.90 Å². The molecule has 8 heteroatoms. The third-order valence-corrected chi connectivity index (χ3v) is 4.43. The molecule has 0 bridgehead atoms. The molecule has 3 rings (SSSR count). The van der Waals surface area contributed by atoms with Gasteiger partial charge in [0.05, 0.1) is 11.3 Å². The number of hydrogen-bond donors (Lipinski definition) is 1. The molecule has 1 amide bonds. The number of benzene rings is 1. The van der Waals surface area contributed by atoms with Crippen LogP contribution in [0.4, 0.5) is 5.69 Å². The number of aryl methyl sites for hydroxylation is 3. The Morgan fingerprint density at radius 2 is 1.92 bits per heavy atom. The van der Waals surface area contributed by atoms with E-state index < -0.39 is 5.91 Å². The first-order valence-electron chi connectivity index (χ1n) is 7.61. The van der Waals surface area contributed by atoms with E-state index in [-0.39, 0.29) is 11.6 Å². The fourth-order valence-corrected chi connectivity index (χ4v) is 3.20. The third-order valence-electron chi connectivity index (χ3n) is 3.60. The molecule has 0 spiro atoms. The minimum atomic E-state index is -0.417. The SMILES string of the molecule is Cc1cc(C)nc(SCC(=O)N=Nc2c(O)n(C)c3ccccc23)n1. The maximum Gasteiger partial charge on any atom is 0.275 e. The van der Waals surface area contributed by atoms with Gasteiger partial charge in [-0.25, -0.2) is 9.97 Å². The molecular weight excluding hydrogens is 338 g/mol. The van der Waals surface area contributed by atoms with Gasteiger partial charge >= 0.3 is 0 Å². The standard InChI is InChI=1S/C17H17N5O2S/c1-10-8-11(2)19-17(18-10)25-9-14(23)20-21-15-12-6-4-5-7-13(12)22(3)16(15)24/h4-8,24H,9H2,1-3H3. The lowest BCUT2D eigenvalue weighted by Gasteiger charge is -2.00. The van der Waals surface area contributed by atoms with E-state index in [1.165, 1.54) is 11.8 Å². The van der Waals surface area contributed by atoms with Gasteiger partial charge in [0.1, 0.15) is 0 Å². The molecule has 25 heavy (non-hydrogen) atoms. The zero-order valence-corrected chi connectivity index (χ0v) is 14.9.